The van der Waals surface area contributed by atoms with E-state index in [0.717, 1.165) is 17.1 Å². The molecule has 0 atom stereocenters. The van der Waals surface area contributed by atoms with Gasteiger partial charge in [0, 0.05) is 25.8 Å². The van der Waals surface area contributed by atoms with Crippen LogP contribution in [-0.2, 0) is 11.3 Å². The van der Waals surface area contributed by atoms with E-state index in [9.17, 15) is 9.59 Å². The third-order valence-electron chi connectivity index (χ3n) is 2.71. The molecule has 5 nitrogen and oxygen atoms in total. The molecule has 0 spiro atoms. The van der Waals surface area contributed by atoms with E-state index in [1.807, 2.05) is 0 Å². The fraction of sp³-hybridized carbons (Fsp3) is 0.636. The van der Waals surface area contributed by atoms with Crippen molar-refractivity contribution in [1.82, 2.24) is 9.55 Å². The molecule has 1 aromatic heterocycles. The van der Waals surface area contributed by atoms with Crippen LogP contribution in [0.25, 0.3) is 0 Å². The van der Waals surface area contributed by atoms with E-state index >= 15 is 0 Å². The predicted molar refractivity (Wildman–Crippen MR) is 64.5 cm³/mol. The number of rotatable bonds is 6. The number of ether oxygens (including phenoxy) is 1. The zero-order valence-corrected chi connectivity index (χ0v) is 10.2. The number of aromatic nitrogens is 2. The van der Waals surface area contributed by atoms with Gasteiger partial charge < -0.3 is 4.74 Å². The Morgan fingerprint density at radius 2 is 2.24 bits per heavy atom. The largest absolute Gasteiger partial charge is 0.381 e. The van der Waals surface area contributed by atoms with Crippen LogP contribution in [0.5, 0.6) is 0 Å². The van der Waals surface area contributed by atoms with E-state index in [0.29, 0.717) is 19.6 Å². The predicted octanol–water partition coefficient (Wildman–Crippen LogP) is 1.01. The number of nitrogens with zero attached hydrogens (tertiary/aromatic N) is 1. The lowest BCUT2D eigenvalue weighted by atomic mass is 10.4. The SMILES string of the molecule is O=c1cc(Cl)[nH]c(=O)n1CCCOCC1CC1. The van der Waals surface area contributed by atoms with Gasteiger partial charge in [0.25, 0.3) is 5.56 Å². The van der Waals surface area contributed by atoms with Gasteiger partial charge in [-0.2, -0.15) is 0 Å². The summed E-state index contributed by atoms with van der Waals surface area (Å²) >= 11 is 5.55. The molecule has 0 aliphatic heterocycles. The summed E-state index contributed by atoms with van der Waals surface area (Å²) in [5.41, 5.74) is -0.842. The Kier molecular flexibility index (Phi) is 4.02. The van der Waals surface area contributed by atoms with Crippen LogP contribution in [0, 0.1) is 5.92 Å². The Morgan fingerprint density at radius 1 is 1.47 bits per heavy atom. The molecule has 1 aliphatic carbocycles. The second-order valence-electron chi connectivity index (χ2n) is 4.28. The molecule has 0 amide bonds. The Labute approximate surface area is 103 Å². The Balaban J connectivity index is 1.81. The topological polar surface area (TPSA) is 64.1 Å². The van der Waals surface area contributed by atoms with Gasteiger partial charge in [-0.05, 0) is 25.2 Å². The average Bonchev–Trinajstić information content (AvgIpc) is 3.04. The van der Waals surface area contributed by atoms with Crippen molar-refractivity contribution in [1.29, 1.82) is 0 Å². The van der Waals surface area contributed by atoms with Crippen molar-refractivity contribution in [3.8, 4) is 0 Å². The maximum absolute atomic E-state index is 11.5. The average molecular weight is 259 g/mol. The van der Waals surface area contributed by atoms with E-state index in [-0.39, 0.29) is 10.7 Å². The minimum Gasteiger partial charge on any atom is -0.381 e. The fourth-order valence-corrected chi connectivity index (χ4v) is 1.74. The van der Waals surface area contributed by atoms with Crippen LogP contribution in [0.4, 0.5) is 0 Å². The van der Waals surface area contributed by atoms with Gasteiger partial charge in [0.2, 0.25) is 0 Å². The van der Waals surface area contributed by atoms with Gasteiger partial charge in [0.05, 0.1) is 0 Å². The van der Waals surface area contributed by atoms with E-state index in [1.165, 1.54) is 18.9 Å². The Hall–Kier alpha value is -1.07. The van der Waals surface area contributed by atoms with Crippen LogP contribution in [-0.4, -0.2) is 22.8 Å². The lowest BCUT2D eigenvalue weighted by Gasteiger charge is -2.05. The summed E-state index contributed by atoms with van der Waals surface area (Å²) in [5.74, 6) is 0.733. The molecular weight excluding hydrogens is 244 g/mol. The number of H-pyrrole nitrogens is 1. The quantitative estimate of drug-likeness (QED) is 0.612. The van der Waals surface area contributed by atoms with Crippen LogP contribution < -0.4 is 11.2 Å². The number of hydrogen-bond donors (Lipinski definition) is 1. The molecular formula is C11H15ClN2O3. The van der Waals surface area contributed by atoms with Gasteiger partial charge in [-0.1, -0.05) is 11.6 Å². The standard InChI is InChI=1S/C11H15ClN2O3/c12-9-6-10(15)14(11(16)13-9)4-1-5-17-7-8-2-3-8/h6,8H,1-5,7H2,(H,13,16). The highest BCUT2D eigenvalue weighted by molar-refractivity contribution is 6.29. The fourth-order valence-electron chi connectivity index (χ4n) is 1.56. The monoisotopic (exact) mass is 258 g/mol. The normalized spacial score (nSPS) is 15.1. The molecule has 0 unspecified atom stereocenters. The van der Waals surface area contributed by atoms with Crippen molar-refractivity contribution in [3.05, 3.63) is 32.1 Å². The lowest BCUT2D eigenvalue weighted by molar-refractivity contribution is 0.119. The highest BCUT2D eigenvalue weighted by Crippen LogP contribution is 2.28. The van der Waals surface area contributed by atoms with Crippen LogP contribution in [0.2, 0.25) is 5.15 Å². The third-order valence-corrected chi connectivity index (χ3v) is 2.91. The zero-order chi connectivity index (χ0) is 12.3. The highest BCUT2D eigenvalue weighted by Gasteiger charge is 2.20. The molecule has 17 heavy (non-hydrogen) atoms. The van der Waals surface area contributed by atoms with Gasteiger partial charge in [0.1, 0.15) is 5.15 Å². The maximum atomic E-state index is 11.5. The van der Waals surface area contributed by atoms with E-state index in [1.54, 1.807) is 0 Å². The summed E-state index contributed by atoms with van der Waals surface area (Å²) in [4.78, 5) is 25.3. The molecule has 0 saturated heterocycles. The molecule has 1 N–H and O–H groups in total. The third kappa shape index (κ3) is 3.71. The molecule has 0 bridgehead atoms. The van der Waals surface area contributed by atoms with Crippen molar-refractivity contribution in [3.63, 3.8) is 0 Å². The van der Waals surface area contributed by atoms with Crippen molar-refractivity contribution in [2.75, 3.05) is 13.2 Å². The molecule has 1 aromatic rings. The summed E-state index contributed by atoms with van der Waals surface area (Å²) in [6.45, 7) is 1.73. The first-order valence-electron chi connectivity index (χ1n) is 5.74. The Bertz CT molecular complexity index is 459. The molecule has 2 rings (SSSR count). The highest BCUT2D eigenvalue weighted by atomic mass is 35.5. The van der Waals surface area contributed by atoms with Crippen molar-refractivity contribution in [2.45, 2.75) is 25.8 Å². The van der Waals surface area contributed by atoms with Gasteiger partial charge in [-0.3, -0.25) is 14.3 Å². The summed E-state index contributed by atoms with van der Waals surface area (Å²) in [7, 11) is 0. The summed E-state index contributed by atoms with van der Waals surface area (Å²) in [6.07, 6.45) is 3.17. The molecule has 1 fully saturated rings. The minimum absolute atomic E-state index is 0.0706. The first-order chi connectivity index (χ1) is 8.16. The summed E-state index contributed by atoms with van der Waals surface area (Å²) < 4.78 is 6.56. The van der Waals surface area contributed by atoms with Crippen LogP contribution in [0.15, 0.2) is 15.7 Å². The molecule has 1 heterocycles. The number of nitrogens with one attached hydrogen (secondary N) is 1. The van der Waals surface area contributed by atoms with Crippen molar-refractivity contribution in [2.24, 2.45) is 5.92 Å². The van der Waals surface area contributed by atoms with Gasteiger partial charge in [0.15, 0.2) is 0 Å². The smallest absolute Gasteiger partial charge is 0.329 e. The van der Waals surface area contributed by atoms with Crippen LogP contribution in [0.1, 0.15) is 19.3 Å². The van der Waals surface area contributed by atoms with Gasteiger partial charge >= 0.3 is 5.69 Å². The maximum Gasteiger partial charge on any atom is 0.329 e. The first-order valence-corrected chi connectivity index (χ1v) is 6.12. The van der Waals surface area contributed by atoms with Crippen molar-refractivity contribution >= 4 is 11.6 Å². The van der Waals surface area contributed by atoms with Gasteiger partial charge in [-0.15, -0.1) is 0 Å². The molecule has 0 radical (unpaired) electrons. The number of halogens is 1. The molecule has 1 saturated carbocycles. The summed E-state index contributed by atoms with van der Waals surface area (Å²) in [6, 6.07) is 1.20. The summed E-state index contributed by atoms with van der Waals surface area (Å²) in [5, 5.41) is 0.0706. The molecule has 1 aliphatic rings. The van der Waals surface area contributed by atoms with Crippen LogP contribution in [0.3, 0.4) is 0 Å². The van der Waals surface area contributed by atoms with Gasteiger partial charge in [-0.25, -0.2) is 4.79 Å². The Morgan fingerprint density at radius 3 is 2.88 bits per heavy atom. The number of aromatic amines is 1. The van der Waals surface area contributed by atoms with E-state index < -0.39 is 5.69 Å². The number of hydrogen-bond acceptors (Lipinski definition) is 3. The first kappa shape index (κ1) is 12.4. The molecule has 0 aromatic carbocycles. The zero-order valence-electron chi connectivity index (χ0n) is 9.45. The second kappa shape index (κ2) is 5.51. The van der Waals surface area contributed by atoms with E-state index in [2.05, 4.69) is 4.98 Å². The van der Waals surface area contributed by atoms with E-state index in [4.69, 9.17) is 16.3 Å². The minimum atomic E-state index is -0.468. The molecule has 6 heteroatoms. The second-order valence-corrected chi connectivity index (χ2v) is 4.69. The van der Waals surface area contributed by atoms with Crippen LogP contribution >= 0.6 is 11.6 Å². The molecule has 94 valence electrons. The van der Waals surface area contributed by atoms with Crippen molar-refractivity contribution < 1.29 is 4.74 Å². The lowest BCUT2D eigenvalue weighted by Crippen LogP contribution is -2.34.